The van der Waals surface area contributed by atoms with Gasteiger partial charge in [0.15, 0.2) is 0 Å². The topological polar surface area (TPSA) is 72.5 Å². The molecular weight excluding hydrogens is 238 g/mol. The maximum absolute atomic E-state index is 6.38. The molecule has 5 heteroatoms. The van der Waals surface area contributed by atoms with Gasteiger partial charge >= 0.3 is 0 Å². The summed E-state index contributed by atoms with van der Waals surface area (Å²) in [5.41, 5.74) is 10.3. The fourth-order valence-corrected chi connectivity index (χ4v) is 2.45. The Balaban J connectivity index is 2.47. The van der Waals surface area contributed by atoms with Crippen LogP contribution in [0.5, 0.6) is 0 Å². The fourth-order valence-electron chi connectivity index (χ4n) is 2.45. The molecule has 2 heterocycles. The summed E-state index contributed by atoms with van der Waals surface area (Å²) in [5.74, 6) is 0.857. The van der Waals surface area contributed by atoms with Gasteiger partial charge in [-0.1, -0.05) is 13.8 Å². The molecule has 0 aliphatic carbocycles. The number of aromatic amines is 1. The van der Waals surface area contributed by atoms with E-state index in [2.05, 4.69) is 35.8 Å². The Kier molecular flexibility index (Phi) is 3.49. The van der Waals surface area contributed by atoms with Crippen molar-refractivity contribution in [2.75, 3.05) is 0 Å². The summed E-state index contributed by atoms with van der Waals surface area (Å²) in [6, 6.07) is 0. The highest BCUT2D eigenvalue weighted by Crippen LogP contribution is 2.29. The van der Waals surface area contributed by atoms with Crippen LogP contribution in [0, 0.1) is 13.8 Å². The van der Waals surface area contributed by atoms with Crippen LogP contribution in [-0.2, 0) is 12.6 Å². The molecule has 0 unspecified atom stereocenters. The minimum Gasteiger partial charge on any atom is -0.340 e. The first-order valence-electron chi connectivity index (χ1n) is 6.77. The molecule has 0 fully saturated rings. The second-order valence-corrected chi connectivity index (χ2v) is 5.18. The summed E-state index contributed by atoms with van der Waals surface area (Å²) in [5, 5.41) is 4.44. The van der Waals surface area contributed by atoms with E-state index in [0.717, 1.165) is 41.3 Å². The second-order valence-electron chi connectivity index (χ2n) is 5.18. The molecule has 0 bridgehead atoms. The number of aromatic nitrogens is 4. The van der Waals surface area contributed by atoms with Crippen molar-refractivity contribution in [2.45, 2.75) is 46.1 Å². The minimum atomic E-state index is -0.373. The van der Waals surface area contributed by atoms with Gasteiger partial charge in [-0.05, 0) is 26.7 Å². The molecule has 3 N–H and O–H groups in total. The predicted octanol–water partition coefficient (Wildman–Crippen LogP) is 2.40. The van der Waals surface area contributed by atoms with Gasteiger partial charge in [-0.25, -0.2) is 4.98 Å². The Bertz CT molecular complexity index is 575. The quantitative estimate of drug-likeness (QED) is 0.887. The Hall–Kier alpha value is -1.62. The van der Waals surface area contributed by atoms with Gasteiger partial charge in [-0.3, -0.25) is 4.68 Å². The number of nitrogens with zero attached hydrogens (tertiary/aromatic N) is 3. The highest BCUT2D eigenvalue weighted by atomic mass is 15.3. The van der Waals surface area contributed by atoms with E-state index < -0.39 is 0 Å². The molecule has 2 rings (SSSR count). The van der Waals surface area contributed by atoms with Crippen molar-refractivity contribution < 1.29 is 0 Å². The van der Waals surface area contributed by atoms with E-state index in [1.165, 1.54) is 0 Å². The van der Waals surface area contributed by atoms with Gasteiger partial charge in [0, 0.05) is 18.3 Å². The maximum atomic E-state index is 6.38. The molecule has 2 aromatic rings. The lowest BCUT2D eigenvalue weighted by molar-refractivity contribution is 0.391. The Morgan fingerprint density at radius 1 is 1.32 bits per heavy atom. The molecule has 0 aliphatic heterocycles. The third-order valence-electron chi connectivity index (χ3n) is 4.09. The molecule has 0 aliphatic rings. The average Bonchev–Trinajstić information content (AvgIpc) is 2.95. The Morgan fingerprint density at radius 2 is 1.95 bits per heavy atom. The van der Waals surface area contributed by atoms with Crippen LogP contribution < -0.4 is 5.73 Å². The first-order chi connectivity index (χ1) is 8.92. The molecule has 0 spiro atoms. The number of hydrogen-bond donors (Lipinski definition) is 2. The second kappa shape index (κ2) is 4.81. The number of H-pyrrole nitrogens is 1. The van der Waals surface area contributed by atoms with E-state index in [0.29, 0.717) is 0 Å². The van der Waals surface area contributed by atoms with Crippen molar-refractivity contribution in [3.63, 3.8) is 0 Å². The first kappa shape index (κ1) is 13.8. The Morgan fingerprint density at radius 3 is 2.42 bits per heavy atom. The van der Waals surface area contributed by atoms with Crippen LogP contribution in [-0.4, -0.2) is 19.7 Å². The van der Waals surface area contributed by atoms with Crippen LogP contribution in [0.1, 0.15) is 43.9 Å². The fraction of sp³-hybridized carbons (Fsp3) is 0.571. The summed E-state index contributed by atoms with van der Waals surface area (Å²) in [7, 11) is 1.95. The summed E-state index contributed by atoms with van der Waals surface area (Å²) in [6.45, 7) is 8.25. The van der Waals surface area contributed by atoms with Crippen LogP contribution in [0.25, 0.3) is 11.3 Å². The van der Waals surface area contributed by atoms with E-state index in [1.54, 1.807) is 0 Å². The number of rotatable bonds is 4. The number of nitrogens with one attached hydrogen (secondary N) is 1. The number of nitrogens with two attached hydrogens (primary N) is 1. The molecule has 2 aromatic heterocycles. The van der Waals surface area contributed by atoms with Crippen molar-refractivity contribution in [1.29, 1.82) is 0 Å². The highest BCUT2D eigenvalue weighted by Gasteiger charge is 2.27. The standard InChI is InChI=1S/C14H23N5/c1-6-14(15,7-2)13-16-8-11(17-13)12-9(3)18-19(5)10(12)4/h8H,6-7,15H2,1-5H3,(H,16,17). The summed E-state index contributed by atoms with van der Waals surface area (Å²) in [4.78, 5) is 7.86. The molecule has 0 saturated carbocycles. The zero-order valence-electron chi connectivity index (χ0n) is 12.4. The smallest absolute Gasteiger partial charge is 0.126 e. The number of aryl methyl sites for hydroxylation is 2. The lowest BCUT2D eigenvalue weighted by Gasteiger charge is -2.23. The van der Waals surface area contributed by atoms with Crippen LogP contribution in [0.15, 0.2) is 6.20 Å². The van der Waals surface area contributed by atoms with E-state index in [9.17, 15) is 0 Å². The van der Waals surface area contributed by atoms with Crippen molar-refractivity contribution in [3.8, 4) is 11.3 Å². The molecule has 0 amide bonds. The van der Waals surface area contributed by atoms with E-state index in [1.807, 2.05) is 24.9 Å². The van der Waals surface area contributed by atoms with E-state index in [4.69, 9.17) is 5.73 Å². The van der Waals surface area contributed by atoms with Crippen molar-refractivity contribution in [3.05, 3.63) is 23.4 Å². The van der Waals surface area contributed by atoms with E-state index >= 15 is 0 Å². The third kappa shape index (κ3) is 2.18. The van der Waals surface area contributed by atoms with Gasteiger partial charge < -0.3 is 10.7 Å². The third-order valence-corrected chi connectivity index (χ3v) is 4.09. The van der Waals surface area contributed by atoms with Crippen molar-refractivity contribution in [2.24, 2.45) is 12.8 Å². The lowest BCUT2D eigenvalue weighted by Crippen LogP contribution is -2.36. The Labute approximate surface area is 114 Å². The largest absolute Gasteiger partial charge is 0.340 e. The van der Waals surface area contributed by atoms with Gasteiger partial charge in [0.1, 0.15) is 5.82 Å². The molecule has 19 heavy (non-hydrogen) atoms. The predicted molar refractivity (Wildman–Crippen MR) is 76.7 cm³/mol. The SMILES string of the molecule is CCC(N)(CC)c1ncc(-c2c(C)nn(C)c2C)[nH]1. The molecule has 0 radical (unpaired) electrons. The van der Waals surface area contributed by atoms with Crippen LogP contribution >= 0.6 is 0 Å². The summed E-state index contributed by atoms with van der Waals surface area (Å²) < 4.78 is 1.89. The first-order valence-corrected chi connectivity index (χ1v) is 6.77. The molecular formula is C14H23N5. The van der Waals surface area contributed by atoms with Crippen molar-refractivity contribution in [1.82, 2.24) is 19.7 Å². The maximum Gasteiger partial charge on any atom is 0.126 e. The minimum absolute atomic E-state index is 0.373. The summed E-state index contributed by atoms with van der Waals surface area (Å²) >= 11 is 0. The van der Waals surface area contributed by atoms with Gasteiger partial charge in [-0.15, -0.1) is 0 Å². The van der Waals surface area contributed by atoms with Crippen LogP contribution in [0.3, 0.4) is 0 Å². The van der Waals surface area contributed by atoms with E-state index in [-0.39, 0.29) is 5.54 Å². The van der Waals surface area contributed by atoms with Gasteiger partial charge in [0.05, 0.1) is 23.1 Å². The molecule has 104 valence electrons. The van der Waals surface area contributed by atoms with Gasteiger partial charge in [0.25, 0.3) is 0 Å². The highest BCUT2D eigenvalue weighted by molar-refractivity contribution is 5.64. The number of imidazole rings is 1. The zero-order chi connectivity index (χ0) is 14.2. The normalized spacial score (nSPS) is 12.1. The van der Waals surface area contributed by atoms with Crippen molar-refractivity contribution >= 4 is 0 Å². The lowest BCUT2D eigenvalue weighted by atomic mass is 9.93. The molecule has 0 saturated heterocycles. The van der Waals surface area contributed by atoms with Crippen LogP contribution in [0.4, 0.5) is 0 Å². The summed E-state index contributed by atoms with van der Waals surface area (Å²) in [6.07, 6.45) is 3.59. The average molecular weight is 261 g/mol. The van der Waals surface area contributed by atoms with Gasteiger partial charge in [0.2, 0.25) is 0 Å². The number of hydrogen-bond acceptors (Lipinski definition) is 3. The van der Waals surface area contributed by atoms with Crippen LogP contribution in [0.2, 0.25) is 0 Å². The molecule has 0 atom stereocenters. The molecule has 5 nitrogen and oxygen atoms in total. The molecule has 0 aromatic carbocycles. The monoisotopic (exact) mass is 261 g/mol. The van der Waals surface area contributed by atoms with Gasteiger partial charge in [-0.2, -0.15) is 5.10 Å². The zero-order valence-corrected chi connectivity index (χ0v) is 12.4.